The molecule has 3 amide bonds. The fourth-order valence-electron chi connectivity index (χ4n) is 2.86. The molecule has 5 nitrogen and oxygen atoms in total. The number of rotatable bonds is 7. The molecule has 0 unspecified atom stereocenters. The van der Waals surface area contributed by atoms with Crippen LogP contribution in [0.15, 0.2) is 78.9 Å². The highest BCUT2D eigenvalue weighted by atomic mass is 35.5. The Morgan fingerprint density at radius 3 is 2.27 bits per heavy atom. The van der Waals surface area contributed by atoms with Crippen molar-refractivity contribution in [2.75, 3.05) is 23.3 Å². The number of carbonyl (C=O) groups excluding carboxylic acids is 2. The van der Waals surface area contributed by atoms with E-state index in [-0.39, 0.29) is 17.8 Å². The van der Waals surface area contributed by atoms with Gasteiger partial charge in [0.2, 0.25) is 0 Å². The molecule has 0 aliphatic rings. The molecule has 3 rings (SSSR count). The summed E-state index contributed by atoms with van der Waals surface area (Å²) in [6.45, 7) is 0.674. The van der Waals surface area contributed by atoms with Gasteiger partial charge in [0.15, 0.2) is 0 Å². The first-order chi connectivity index (χ1) is 14.5. The van der Waals surface area contributed by atoms with Gasteiger partial charge in [-0.25, -0.2) is 9.18 Å². The lowest BCUT2D eigenvalue weighted by Crippen LogP contribution is -2.37. The molecule has 3 aromatic carbocycles. The van der Waals surface area contributed by atoms with E-state index in [0.29, 0.717) is 41.5 Å². The van der Waals surface area contributed by atoms with E-state index in [1.165, 1.54) is 17.0 Å². The smallest absolute Gasteiger partial charge is 0.326 e. The van der Waals surface area contributed by atoms with E-state index >= 15 is 0 Å². The Morgan fingerprint density at radius 1 is 0.900 bits per heavy atom. The molecule has 154 valence electrons. The van der Waals surface area contributed by atoms with Crippen molar-refractivity contribution in [1.29, 1.82) is 0 Å². The largest absolute Gasteiger partial charge is 0.352 e. The fraction of sp³-hybridized carbons (Fsp3) is 0.130. The molecule has 0 spiro atoms. The molecular weight excluding hydrogens is 405 g/mol. The molecule has 7 heteroatoms. The van der Waals surface area contributed by atoms with Crippen molar-refractivity contribution >= 4 is 34.9 Å². The van der Waals surface area contributed by atoms with Crippen molar-refractivity contribution in [3.63, 3.8) is 0 Å². The van der Waals surface area contributed by atoms with E-state index in [0.717, 1.165) is 0 Å². The molecule has 0 aliphatic carbocycles. The lowest BCUT2D eigenvalue weighted by Gasteiger charge is -2.23. The Hall–Kier alpha value is -3.38. The van der Waals surface area contributed by atoms with Crippen molar-refractivity contribution in [2.24, 2.45) is 0 Å². The summed E-state index contributed by atoms with van der Waals surface area (Å²) in [6, 6.07) is 21.2. The summed E-state index contributed by atoms with van der Waals surface area (Å²) < 4.78 is 13.3. The number of hydrogen-bond donors (Lipinski definition) is 2. The fourth-order valence-corrected chi connectivity index (χ4v) is 3.08. The molecule has 0 aromatic heterocycles. The first-order valence-corrected chi connectivity index (χ1v) is 9.84. The third kappa shape index (κ3) is 5.81. The van der Waals surface area contributed by atoms with Gasteiger partial charge < -0.3 is 10.6 Å². The van der Waals surface area contributed by atoms with Gasteiger partial charge in [-0.15, -0.1) is 0 Å². The highest BCUT2D eigenvalue weighted by Crippen LogP contribution is 2.18. The molecule has 0 saturated heterocycles. The zero-order valence-corrected chi connectivity index (χ0v) is 16.9. The Morgan fingerprint density at radius 2 is 1.57 bits per heavy atom. The third-order valence-electron chi connectivity index (χ3n) is 4.37. The Kier molecular flexibility index (Phi) is 7.40. The maximum Gasteiger partial charge on any atom is 0.326 e. The van der Waals surface area contributed by atoms with Crippen LogP contribution in [0.1, 0.15) is 16.8 Å². The van der Waals surface area contributed by atoms with Gasteiger partial charge >= 0.3 is 6.03 Å². The summed E-state index contributed by atoms with van der Waals surface area (Å²) in [6.07, 6.45) is 0.496. The number of urea groups is 1. The van der Waals surface area contributed by atoms with Crippen molar-refractivity contribution in [3.8, 4) is 0 Å². The van der Waals surface area contributed by atoms with Gasteiger partial charge in [0.25, 0.3) is 5.91 Å². The number of amides is 3. The number of halogens is 2. The summed E-state index contributed by atoms with van der Waals surface area (Å²) in [5.41, 5.74) is 1.61. The van der Waals surface area contributed by atoms with Gasteiger partial charge in [-0.2, -0.15) is 0 Å². The van der Waals surface area contributed by atoms with Gasteiger partial charge in [-0.05, 0) is 55.0 Å². The van der Waals surface area contributed by atoms with E-state index < -0.39 is 0 Å². The quantitative estimate of drug-likeness (QED) is 0.502. The van der Waals surface area contributed by atoms with Crippen molar-refractivity contribution in [3.05, 3.63) is 95.3 Å². The number of anilines is 2. The zero-order valence-electron chi connectivity index (χ0n) is 16.1. The van der Waals surface area contributed by atoms with E-state index in [1.807, 2.05) is 18.2 Å². The number of para-hydroxylation sites is 1. The second kappa shape index (κ2) is 10.4. The molecular formula is C23H21ClFN3O2. The summed E-state index contributed by atoms with van der Waals surface area (Å²) in [5, 5.41) is 6.01. The summed E-state index contributed by atoms with van der Waals surface area (Å²) in [4.78, 5) is 26.6. The molecule has 0 saturated carbocycles. The van der Waals surface area contributed by atoms with Crippen LogP contribution in [-0.4, -0.2) is 25.0 Å². The number of hydrogen-bond acceptors (Lipinski definition) is 2. The van der Waals surface area contributed by atoms with Crippen LogP contribution in [0, 0.1) is 5.82 Å². The predicted octanol–water partition coefficient (Wildman–Crippen LogP) is 5.34. The molecule has 2 N–H and O–H groups in total. The summed E-state index contributed by atoms with van der Waals surface area (Å²) in [7, 11) is 0. The van der Waals surface area contributed by atoms with E-state index in [9.17, 15) is 14.0 Å². The Balaban J connectivity index is 1.62. The number of benzene rings is 3. The van der Waals surface area contributed by atoms with Crippen molar-refractivity contribution in [2.45, 2.75) is 6.42 Å². The zero-order chi connectivity index (χ0) is 21.3. The molecule has 0 aliphatic heterocycles. The maximum absolute atomic E-state index is 13.3. The molecule has 0 atom stereocenters. The van der Waals surface area contributed by atoms with Gasteiger partial charge in [-0.1, -0.05) is 41.9 Å². The predicted molar refractivity (Wildman–Crippen MR) is 118 cm³/mol. The SMILES string of the molecule is O=C(NCCCN(C(=O)Nc1ccccc1)c1ccc(F)cc1)c1ccccc1Cl. The van der Waals surface area contributed by atoms with E-state index in [1.54, 1.807) is 48.5 Å². The molecule has 30 heavy (non-hydrogen) atoms. The highest BCUT2D eigenvalue weighted by Gasteiger charge is 2.16. The van der Waals surface area contributed by atoms with Crippen molar-refractivity contribution < 1.29 is 14.0 Å². The minimum Gasteiger partial charge on any atom is -0.352 e. The van der Waals surface area contributed by atoms with Gasteiger partial charge in [0.05, 0.1) is 10.6 Å². The maximum atomic E-state index is 13.3. The van der Waals surface area contributed by atoms with Gasteiger partial charge in [0.1, 0.15) is 5.82 Å². The van der Waals surface area contributed by atoms with Crippen LogP contribution >= 0.6 is 11.6 Å². The van der Waals surface area contributed by atoms with Gasteiger partial charge in [0, 0.05) is 24.5 Å². The van der Waals surface area contributed by atoms with Crippen LogP contribution in [0.3, 0.4) is 0 Å². The van der Waals surface area contributed by atoms with Crippen LogP contribution < -0.4 is 15.5 Å². The third-order valence-corrected chi connectivity index (χ3v) is 4.70. The first-order valence-electron chi connectivity index (χ1n) is 9.46. The summed E-state index contributed by atoms with van der Waals surface area (Å²) >= 11 is 6.04. The van der Waals surface area contributed by atoms with Crippen LogP contribution in [0.5, 0.6) is 0 Å². The standard InChI is InChI=1S/C23H21ClFN3O2/c24-21-10-5-4-9-20(21)22(29)26-15-6-16-28(19-13-11-17(25)12-14-19)23(30)27-18-7-2-1-3-8-18/h1-5,7-14H,6,15-16H2,(H,26,29)(H,27,30). The molecule has 0 bridgehead atoms. The van der Waals surface area contributed by atoms with E-state index in [2.05, 4.69) is 10.6 Å². The average molecular weight is 426 g/mol. The molecule has 0 heterocycles. The number of carbonyl (C=O) groups is 2. The lowest BCUT2D eigenvalue weighted by molar-refractivity contribution is 0.0953. The minimum absolute atomic E-state index is 0.275. The highest BCUT2D eigenvalue weighted by molar-refractivity contribution is 6.33. The van der Waals surface area contributed by atoms with Crippen LogP contribution in [0.4, 0.5) is 20.6 Å². The minimum atomic E-state index is -0.380. The normalized spacial score (nSPS) is 10.3. The van der Waals surface area contributed by atoms with Crippen LogP contribution in [0.25, 0.3) is 0 Å². The van der Waals surface area contributed by atoms with E-state index in [4.69, 9.17) is 11.6 Å². The summed E-state index contributed by atoms with van der Waals surface area (Å²) in [5.74, 6) is -0.656. The molecule has 3 aromatic rings. The molecule has 0 radical (unpaired) electrons. The Bertz CT molecular complexity index is 997. The average Bonchev–Trinajstić information content (AvgIpc) is 2.75. The molecule has 0 fully saturated rings. The number of nitrogens with zero attached hydrogens (tertiary/aromatic N) is 1. The second-order valence-electron chi connectivity index (χ2n) is 6.51. The second-order valence-corrected chi connectivity index (χ2v) is 6.92. The Labute approximate surface area is 179 Å². The van der Waals surface area contributed by atoms with Crippen molar-refractivity contribution in [1.82, 2.24) is 5.32 Å². The van der Waals surface area contributed by atoms with Crippen LogP contribution in [-0.2, 0) is 0 Å². The first kappa shape index (κ1) is 21.3. The monoisotopic (exact) mass is 425 g/mol. The van der Waals surface area contributed by atoms with Gasteiger partial charge in [-0.3, -0.25) is 9.69 Å². The lowest BCUT2D eigenvalue weighted by atomic mass is 10.2. The van der Waals surface area contributed by atoms with Crippen LogP contribution in [0.2, 0.25) is 5.02 Å². The topological polar surface area (TPSA) is 61.4 Å². The number of nitrogens with one attached hydrogen (secondary N) is 2.